The van der Waals surface area contributed by atoms with Gasteiger partial charge in [0.05, 0.1) is 12.2 Å². The molecule has 0 amide bonds. The Morgan fingerprint density at radius 3 is 1.64 bits per heavy atom. The van der Waals surface area contributed by atoms with E-state index < -0.39 is 0 Å². The Bertz CT molecular complexity index is 138. The van der Waals surface area contributed by atoms with Gasteiger partial charge in [0.15, 0.2) is 0 Å². The summed E-state index contributed by atoms with van der Waals surface area (Å²) in [6.07, 6.45) is 5.62. The van der Waals surface area contributed by atoms with Crippen molar-refractivity contribution < 1.29 is 10.2 Å². The summed E-state index contributed by atoms with van der Waals surface area (Å²) in [4.78, 5) is 0. The van der Waals surface area contributed by atoms with E-state index in [4.69, 9.17) is 0 Å². The van der Waals surface area contributed by atoms with Gasteiger partial charge < -0.3 is 10.2 Å². The second kappa shape index (κ2) is 2.46. The lowest BCUT2D eigenvalue weighted by atomic mass is 9.80. The Morgan fingerprint density at radius 2 is 1.36 bits per heavy atom. The van der Waals surface area contributed by atoms with Gasteiger partial charge in [-0.05, 0) is 25.7 Å². The third kappa shape index (κ3) is 0.926. The maximum atomic E-state index is 9.69. The molecule has 2 N–H and O–H groups in total. The summed E-state index contributed by atoms with van der Waals surface area (Å²) in [6.45, 7) is 0. The quantitative estimate of drug-likeness (QED) is 0.550. The molecule has 2 fully saturated rings. The highest BCUT2D eigenvalue weighted by atomic mass is 16.3. The summed E-state index contributed by atoms with van der Waals surface area (Å²) in [5.41, 5.74) is -0.0833. The fraction of sp³-hybridized carbons (Fsp3) is 1.00. The van der Waals surface area contributed by atoms with Crippen molar-refractivity contribution in [2.75, 3.05) is 0 Å². The van der Waals surface area contributed by atoms with E-state index in [0.717, 1.165) is 38.5 Å². The summed E-state index contributed by atoms with van der Waals surface area (Å²) < 4.78 is 0. The van der Waals surface area contributed by atoms with Crippen LogP contribution in [0.15, 0.2) is 0 Å². The third-order valence-electron chi connectivity index (χ3n) is 3.57. The van der Waals surface area contributed by atoms with Gasteiger partial charge in [-0.1, -0.05) is 12.8 Å². The normalized spacial score (nSPS) is 50.7. The number of aliphatic hydroxyl groups excluding tert-OH is 2. The second-order valence-electron chi connectivity index (χ2n) is 4.05. The molecule has 11 heavy (non-hydrogen) atoms. The zero-order chi connectivity index (χ0) is 7.90. The highest BCUT2D eigenvalue weighted by Gasteiger charge is 2.49. The van der Waals surface area contributed by atoms with Crippen molar-refractivity contribution in [3.8, 4) is 0 Å². The van der Waals surface area contributed by atoms with Crippen molar-refractivity contribution in [1.29, 1.82) is 0 Å². The van der Waals surface area contributed by atoms with Crippen molar-refractivity contribution in [1.82, 2.24) is 0 Å². The van der Waals surface area contributed by atoms with Crippen LogP contribution in [0.3, 0.4) is 0 Å². The predicted octanol–water partition coefficient (Wildman–Crippen LogP) is 1.06. The second-order valence-corrected chi connectivity index (χ2v) is 4.05. The van der Waals surface area contributed by atoms with Crippen LogP contribution in [-0.2, 0) is 0 Å². The summed E-state index contributed by atoms with van der Waals surface area (Å²) in [7, 11) is 0. The van der Waals surface area contributed by atoms with Crippen LogP contribution in [0.1, 0.15) is 38.5 Å². The molecule has 2 saturated carbocycles. The zero-order valence-electron chi connectivity index (χ0n) is 6.79. The van der Waals surface area contributed by atoms with Crippen LogP contribution < -0.4 is 0 Å². The lowest BCUT2D eigenvalue weighted by Crippen LogP contribution is -2.37. The molecule has 1 spiro atoms. The van der Waals surface area contributed by atoms with Gasteiger partial charge in [-0.15, -0.1) is 0 Å². The fourth-order valence-corrected chi connectivity index (χ4v) is 2.84. The molecule has 0 saturated heterocycles. The monoisotopic (exact) mass is 156 g/mol. The molecule has 0 heterocycles. The minimum atomic E-state index is -0.222. The molecule has 0 aromatic carbocycles. The average molecular weight is 156 g/mol. The van der Waals surface area contributed by atoms with Gasteiger partial charge in [-0.3, -0.25) is 0 Å². The topological polar surface area (TPSA) is 40.5 Å². The maximum absolute atomic E-state index is 9.69. The first kappa shape index (κ1) is 7.56. The molecule has 2 heteroatoms. The Hall–Kier alpha value is -0.0800. The molecule has 0 aromatic heterocycles. The molecule has 64 valence electrons. The van der Waals surface area contributed by atoms with Crippen LogP contribution in [0, 0.1) is 5.41 Å². The van der Waals surface area contributed by atoms with Crippen LogP contribution in [0.5, 0.6) is 0 Å². The minimum Gasteiger partial charge on any atom is -0.392 e. The molecule has 0 aliphatic heterocycles. The van der Waals surface area contributed by atoms with E-state index in [1.54, 1.807) is 0 Å². The number of hydrogen-bond acceptors (Lipinski definition) is 2. The molecule has 0 aromatic rings. The first-order valence-electron chi connectivity index (χ1n) is 4.62. The lowest BCUT2D eigenvalue weighted by Gasteiger charge is -2.31. The van der Waals surface area contributed by atoms with Crippen LogP contribution in [0.2, 0.25) is 0 Å². The summed E-state index contributed by atoms with van der Waals surface area (Å²) in [5, 5.41) is 19.4. The minimum absolute atomic E-state index is 0.0833. The first-order chi connectivity index (χ1) is 5.26. The zero-order valence-corrected chi connectivity index (χ0v) is 6.79. The van der Waals surface area contributed by atoms with E-state index >= 15 is 0 Å². The van der Waals surface area contributed by atoms with E-state index in [1.807, 2.05) is 0 Å². The summed E-state index contributed by atoms with van der Waals surface area (Å²) in [5.74, 6) is 0. The molecule has 2 rings (SSSR count). The molecular weight excluding hydrogens is 140 g/mol. The number of aliphatic hydroxyl groups is 2. The van der Waals surface area contributed by atoms with Gasteiger partial charge in [0.1, 0.15) is 0 Å². The Kier molecular flexibility index (Phi) is 1.69. The Labute approximate surface area is 67.2 Å². The van der Waals surface area contributed by atoms with Crippen LogP contribution >= 0.6 is 0 Å². The Balaban J connectivity index is 2.19. The molecule has 0 unspecified atom stereocenters. The highest BCUT2D eigenvalue weighted by Crippen LogP contribution is 2.50. The number of rotatable bonds is 0. The highest BCUT2D eigenvalue weighted by molar-refractivity contribution is 5.00. The molecule has 3 atom stereocenters. The van der Waals surface area contributed by atoms with Gasteiger partial charge in [-0.25, -0.2) is 0 Å². The standard InChI is InChI=1S/C9H16O2/c10-7-3-1-5-9(7)6-2-4-8(9)11/h7-8,10-11H,1-6H2/t7-,8+,9-/m1/s1. The van der Waals surface area contributed by atoms with E-state index in [1.165, 1.54) is 0 Å². The van der Waals surface area contributed by atoms with Gasteiger partial charge in [-0.2, -0.15) is 0 Å². The van der Waals surface area contributed by atoms with Crippen molar-refractivity contribution >= 4 is 0 Å². The predicted molar refractivity (Wildman–Crippen MR) is 42.1 cm³/mol. The molecule has 0 radical (unpaired) electrons. The van der Waals surface area contributed by atoms with Crippen LogP contribution in [-0.4, -0.2) is 22.4 Å². The van der Waals surface area contributed by atoms with Crippen LogP contribution in [0.4, 0.5) is 0 Å². The van der Waals surface area contributed by atoms with Crippen molar-refractivity contribution in [2.24, 2.45) is 5.41 Å². The van der Waals surface area contributed by atoms with Crippen molar-refractivity contribution in [2.45, 2.75) is 50.7 Å². The maximum Gasteiger partial charge on any atom is 0.0621 e. The van der Waals surface area contributed by atoms with Crippen LogP contribution in [0.25, 0.3) is 0 Å². The van der Waals surface area contributed by atoms with E-state index in [0.29, 0.717) is 0 Å². The fourth-order valence-electron chi connectivity index (χ4n) is 2.84. The largest absolute Gasteiger partial charge is 0.392 e. The number of hydrogen-bond donors (Lipinski definition) is 2. The smallest absolute Gasteiger partial charge is 0.0621 e. The molecule has 0 bridgehead atoms. The Morgan fingerprint density at radius 1 is 0.909 bits per heavy atom. The third-order valence-corrected chi connectivity index (χ3v) is 3.57. The van der Waals surface area contributed by atoms with Gasteiger partial charge in [0.2, 0.25) is 0 Å². The molecule has 2 nitrogen and oxygen atoms in total. The summed E-state index contributed by atoms with van der Waals surface area (Å²) in [6, 6.07) is 0. The molecule has 2 aliphatic rings. The van der Waals surface area contributed by atoms with Crippen molar-refractivity contribution in [3.63, 3.8) is 0 Å². The average Bonchev–Trinajstić information content (AvgIpc) is 2.48. The lowest BCUT2D eigenvalue weighted by molar-refractivity contribution is -0.0299. The van der Waals surface area contributed by atoms with E-state index in [9.17, 15) is 10.2 Å². The molecule has 2 aliphatic carbocycles. The van der Waals surface area contributed by atoms with E-state index in [2.05, 4.69) is 0 Å². The SMILES string of the molecule is O[C@@H]1CCC[C@@]12CCC[C@@H]2O. The van der Waals surface area contributed by atoms with E-state index in [-0.39, 0.29) is 17.6 Å². The van der Waals surface area contributed by atoms with Gasteiger partial charge >= 0.3 is 0 Å². The molecular formula is C9H16O2. The van der Waals surface area contributed by atoms with Crippen molar-refractivity contribution in [3.05, 3.63) is 0 Å². The summed E-state index contributed by atoms with van der Waals surface area (Å²) >= 11 is 0. The first-order valence-corrected chi connectivity index (χ1v) is 4.62. The van der Waals surface area contributed by atoms with Gasteiger partial charge in [0, 0.05) is 5.41 Å². The van der Waals surface area contributed by atoms with Gasteiger partial charge in [0.25, 0.3) is 0 Å².